The van der Waals surface area contributed by atoms with Crippen molar-refractivity contribution < 1.29 is 32.3 Å². The number of alkyl halides is 3. The summed E-state index contributed by atoms with van der Waals surface area (Å²) >= 11 is 0.994. The molecule has 2 aromatic rings. The Balaban J connectivity index is 3.02. The number of carbonyl (C=O) groups is 4. The van der Waals surface area contributed by atoms with E-state index in [2.05, 4.69) is 15.3 Å². The summed E-state index contributed by atoms with van der Waals surface area (Å²) in [5.74, 6) is -4.06. The molecule has 0 unspecified atom stereocenters. The summed E-state index contributed by atoms with van der Waals surface area (Å²) in [4.78, 5) is 59.7. The first kappa shape index (κ1) is 31.2. The highest BCUT2D eigenvalue weighted by Crippen LogP contribution is 2.38. The third-order valence-electron chi connectivity index (χ3n) is 5.26. The molecule has 1 heterocycles. The van der Waals surface area contributed by atoms with Crippen LogP contribution in [0.2, 0.25) is 0 Å². The maximum atomic E-state index is 13.7. The zero-order chi connectivity index (χ0) is 29.5. The molecule has 2 rings (SSSR count). The summed E-state index contributed by atoms with van der Waals surface area (Å²) in [5, 5.41) is 12.4. The standard InChI is InChI=1S/C24H26F3N7O4S/c1-13(35)30-23-31-20(18(12-29)21(32-23)39-4)34(17-8-5-7-16(11-17)24(25,26)27)19(9-6-10-28)22(38)33(14(2)36)15(3)37/h5,7-8,11,19H,6,9-10,28H2,1-4H3,(H,30,31,32,35)/t19-/m0/s1. The molecular weight excluding hydrogens is 539 g/mol. The van der Waals surface area contributed by atoms with Crippen LogP contribution in [-0.4, -0.2) is 57.3 Å². The molecule has 39 heavy (non-hydrogen) atoms. The summed E-state index contributed by atoms with van der Waals surface area (Å²) in [6.45, 7) is 3.21. The van der Waals surface area contributed by atoms with Gasteiger partial charge in [-0.2, -0.15) is 23.4 Å². The Morgan fingerprint density at radius 2 is 1.79 bits per heavy atom. The Morgan fingerprint density at radius 3 is 2.28 bits per heavy atom. The van der Waals surface area contributed by atoms with E-state index in [0.717, 1.165) is 48.7 Å². The summed E-state index contributed by atoms with van der Waals surface area (Å²) in [7, 11) is 0. The van der Waals surface area contributed by atoms with Crippen molar-refractivity contribution in [3.63, 3.8) is 0 Å². The summed E-state index contributed by atoms with van der Waals surface area (Å²) < 4.78 is 41.0. The van der Waals surface area contributed by atoms with Crippen LogP contribution in [-0.2, 0) is 25.4 Å². The SMILES string of the molecule is CSc1nc(NC(C)=O)nc(N(c2cccc(C(F)(F)F)c2)[C@@H](CCCN)C(=O)N(C(C)=O)C(C)=O)c1C#N. The number of anilines is 3. The smallest absolute Gasteiger partial charge is 0.330 e. The number of aromatic nitrogens is 2. The molecule has 0 aliphatic heterocycles. The monoisotopic (exact) mass is 565 g/mol. The van der Waals surface area contributed by atoms with E-state index in [1.807, 2.05) is 6.07 Å². The summed E-state index contributed by atoms with van der Waals surface area (Å²) in [6.07, 6.45) is -3.18. The van der Waals surface area contributed by atoms with Gasteiger partial charge in [0, 0.05) is 26.5 Å². The number of nitrogens with one attached hydrogen (secondary N) is 1. The van der Waals surface area contributed by atoms with Gasteiger partial charge in [-0.25, -0.2) is 9.88 Å². The van der Waals surface area contributed by atoms with Gasteiger partial charge >= 0.3 is 6.18 Å². The van der Waals surface area contributed by atoms with E-state index in [4.69, 9.17) is 5.73 Å². The third-order valence-corrected chi connectivity index (χ3v) is 5.94. The third kappa shape index (κ3) is 7.52. The number of amides is 4. The predicted octanol–water partition coefficient (Wildman–Crippen LogP) is 3.21. The van der Waals surface area contributed by atoms with Gasteiger partial charge in [0.25, 0.3) is 5.91 Å². The highest BCUT2D eigenvalue weighted by Gasteiger charge is 2.38. The largest absolute Gasteiger partial charge is 0.416 e. The van der Waals surface area contributed by atoms with Crippen LogP contribution in [0.4, 0.5) is 30.6 Å². The minimum absolute atomic E-state index is 0.0580. The van der Waals surface area contributed by atoms with Crippen LogP contribution in [0, 0.1) is 11.3 Å². The lowest BCUT2D eigenvalue weighted by Gasteiger charge is -2.35. The molecule has 0 aliphatic rings. The Labute approximate surface area is 226 Å². The highest BCUT2D eigenvalue weighted by molar-refractivity contribution is 7.98. The Kier molecular flexibility index (Phi) is 10.5. The van der Waals surface area contributed by atoms with Crippen molar-refractivity contribution in [2.24, 2.45) is 5.73 Å². The average molecular weight is 566 g/mol. The number of imide groups is 3. The van der Waals surface area contributed by atoms with Gasteiger partial charge in [0.1, 0.15) is 22.7 Å². The van der Waals surface area contributed by atoms with Gasteiger partial charge in [-0.15, -0.1) is 11.8 Å². The van der Waals surface area contributed by atoms with Crippen molar-refractivity contribution in [3.05, 3.63) is 35.4 Å². The van der Waals surface area contributed by atoms with Gasteiger partial charge in [-0.05, 0) is 43.8 Å². The second-order valence-corrected chi connectivity index (χ2v) is 8.92. The summed E-state index contributed by atoms with van der Waals surface area (Å²) in [6, 6.07) is 4.32. The van der Waals surface area contributed by atoms with E-state index in [1.54, 1.807) is 6.26 Å². The lowest BCUT2D eigenvalue weighted by Crippen LogP contribution is -2.51. The van der Waals surface area contributed by atoms with E-state index in [0.29, 0.717) is 4.90 Å². The fourth-order valence-electron chi connectivity index (χ4n) is 3.70. The van der Waals surface area contributed by atoms with Crippen LogP contribution >= 0.6 is 11.8 Å². The number of nitrogens with zero attached hydrogens (tertiary/aromatic N) is 5. The molecule has 0 spiro atoms. The molecule has 1 aromatic carbocycles. The lowest BCUT2D eigenvalue weighted by atomic mass is 10.0. The lowest BCUT2D eigenvalue weighted by molar-refractivity contribution is -0.152. The molecule has 4 amide bonds. The topological polar surface area (TPSA) is 162 Å². The van der Waals surface area contributed by atoms with Gasteiger partial charge in [0.2, 0.25) is 23.7 Å². The van der Waals surface area contributed by atoms with Crippen LogP contribution in [0.25, 0.3) is 0 Å². The number of benzene rings is 1. The molecule has 0 saturated carbocycles. The zero-order valence-electron chi connectivity index (χ0n) is 21.5. The first-order valence-corrected chi connectivity index (χ1v) is 12.6. The van der Waals surface area contributed by atoms with Crippen molar-refractivity contribution in [2.45, 2.75) is 50.9 Å². The van der Waals surface area contributed by atoms with Crippen molar-refractivity contribution in [1.29, 1.82) is 5.26 Å². The average Bonchev–Trinajstić information content (AvgIpc) is 2.84. The van der Waals surface area contributed by atoms with Gasteiger partial charge in [0.15, 0.2) is 5.82 Å². The van der Waals surface area contributed by atoms with Crippen LogP contribution in [0.5, 0.6) is 0 Å². The van der Waals surface area contributed by atoms with Crippen LogP contribution in [0.15, 0.2) is 29.3 Å². The van der Waals surface area contributed by atoms with Crippen LogP contribution in [0.3, 0.4) is 0 Å². The van der Waals surface area contributed by atoms with Crippen LogP contribution < -0.4 is 16.0 Å². The number of nitriles is 1. The molecule has 1 atom stereocenters. The van der Waals surface area contributed by atoms with E-state index < -0.39 is 41.4 Å². The normalized spacial score (nSPS) is 11.8. The maximum Gasteiger partial charge on any atom is 0.416 e. The van der Waals surface area contributed by atoms with E-state index in [9.17, 15) is 37.6 Å². The van der Waals surface area contributed by atoms with Gasteiger partial charge in [0.05, 0.1) is 5.56 Å². The Hall–Kier alpha value is -4.03. The van der Waals surface area contributed by atoms with Crippen molar-refractivity contribution in [2.75, 3.05) is 23.0 Å². The fourth-order valence-corrected chi connectivity index (χ4v) is 4.22. The molecule has 0 bridgehead atoms. The van der Waals surface area contributed by atoms with Gasteiger partial charge in [-0.1, -0.05) is 6.07 Å². The second kappa shape index (κ2) is 13.2. The maximum absolute atomic E-state index is 13.7. The fraction of sp³-hybridized carbons (Fsp3) is 0.375. The first-order chi connectivity index (χ1) is 18.3. The molecule has 0 aliphatic carbocycles. The molecule has 208 valence electrons. The molecule has 0 saturated heterocycles. The molecule has 0 fully saturated rings. The number of thioether (sulfide) groups is 1. The quantitative estimate of drug-likeness (QED) is 0.341. The van der Waals surface area contributed by atoms with E-state index >= 15 is 0 Å². The predicted molar refractivity (Wildman–Crippen MR) is 137 cm³/mol. The minimum Gasteiger partial charge on any atom is -0.330 e. The molecule has 0 radical (unpaired) electrons. The van der Waals surface area contributed by atoms with E-state index in [-0.39, 0.29) is 47.4 Å². The number of nitrogens with two attached hydrogens (primary N) is 1. The highest BCUT2D eigenvalue weighted by atomic mass is 32.2. The van der Waals surface area contributed by atoms with E-state index in [1.165, 1.54) is 13.0 Å². The minimum atomic E-state index is -4.77. The molecular formula is C24H26F3N7O4S. The van der Waals surface area contributed by atoms with Gasteiger partial charge < -0.3 is 10.6 Å². The molecule has 1 aromatic heterocycles. The second-order valence-electron chi connectivity index (χ2n) is 8.12. The zero-order valence-corrected chi connectivity index (χ0v) is 22.3. The number of halogens is 3. The number of hydrogen-bond acceptors (Lipinski definition) is 10. The molecule has 15 heteroatoms. The van der Waals surface area contributed by atoms with Crippen molar-refractivity contribution in [3.8, 4) is 6.07 Å². The van der Waals surface area contributed by atoms with Crippen molar-refractivity contribution in [1.82, 2.24) is 14.9 Å². The summed E-state index contributed by atoms with van der Waals surface area (Å²) in [5.41, 5.74) is 4.16. The van der Waals surface area contributed by atoms with Crippen molar-refractivity contribution >= 4 is 52.8 Å². The Morgan fingerprint density at radius 1 is 1.15 bits per heavy atom. The van der Waals surface area contributed by atoms with Gasteiger partial charge in [-0.3, -0.25) is 24.5 Å². The van der Waals surface area contributed by atoms with Crippen LogP contribution in [0.1, 0.15) is 44.7 Å². The molecule has 11 nitrogen and oxygen atoms in total. The number of rotatable bonds is 9. The molecule has 3 N–H and O–H groups in total. The number of carbonyl (C=O) groups excluding carboxylic acids is 4. The first-order valence-electron chi connectivity index (χ1n) is 11.4. The Bertz CT molecular complexity index is 1300. The number of hydrogen-bond donors (Lipinski definition) is 2.